The molecular weight excluding hydrogens is 559 g/mol. The first-order chi connectivity index (χ1) is 17.6. The van der Waals surface area contributed by atoms with Crippen LogP contribution >= 0.6 is 15.9 Å². The van der Waals surface area contributed by atoms with E-state index in [0.29, 0.717) is 0 Å². The van der Waals surface area contributed by atoms with Gasteiger partial charge < -0.3 is 4.74 Å². The second-order valence-corrected chi connectivity index (χ2v) is 8.36. The molecule has 0 saturated carbocycles. The van der Waals surface area contributed by atoms with Gasteiger partial charge in [-0.25, -0.2) is 4.98 Å². The second-order valence-electron chi connectivity index (χ2n) is 7.44. The molecule has 0 radical (unpaired) electrons. The molecule has 0 aliphatic heterocycles. The van der Waals surface area contributed by atoms with Crippen molar-refractivity contribution in [3.63, 3.8) is 0 Å². The molecule has 0 aliphatic carbocycles. The summed E-state index contributed by atoms with van der Waals surface area (Å²) < 4.78 is 46.4. The third-order valence-corrected chi connectivity index (χ3v) is 5.51. The Morgan fingerprint density at radius 2 is 1.95 bits per heavy atom. The molecule has 0 fully saturated rings. The fourth-order valence-corrected chi connectivity index (χ4v) is 3.93. The monoisotopic (exact) mass is 571 g/mol. The molecule has 37 heavy (non-hydrogen) atoms. The molecule has 0 spiro atoms. The Labute approximate surface area is 214 Å². The number of nitriles is 1. The van der Waals surface area contributed by atoms with Crippen LogP contribution in [0.2, 0.25) is 0 Å². The van der Waals surface area contributed by atoms with Gasteiger partial charge in [-0.3, -0.25) is 14.9 Å². The highest BCUT2D eigenvalue weighted by Gasteiger charge is 2.31. The van der Waals surface area contributed by atoms with Crippen molar-refractivity contribution in [2.75, 3.05) is 6.61 Å². The number of hydrogen-bond donors (Lipinski definition) is 0. The minimum Gasteiger partial charge on any atom is -0.471 e. The third kappa shape index (κ3) is 5.34. The van der Waals surface area contributed by atoms with Gasteiger partial charge in [0.15, 0.2) is 12.4 Å². The molecule has 4 aromatic rings. The number of nitro benzene ring substituents is 1. The van der Waals surface area contributed by atoms with Crippen LogP contribution in [-0.2, 0) is 6.18 Å². The summed E-state index contributed by atoms with van der Waals surface area (Å²) in [5.74, 6) is -0.462. The molecule has 0 aliphatic rings. The predicted molar refractivity (Wildman–Crippen MR) is 131 cm³/mol. The molecule has 9 nitrogen and oxygen atoms in total. The fourth-order valence-electron chi connectivity index (χ4n) is 3.47. The van der Waals surface area contributed by atoms with Gasteiger partial charge in [-0.15, -0.1) is 0 Å². The summed E-state index contributed by atoms with van der Waals surface area (Å²) in [6, 6.07) is 14.8. The Hall–Kier alpha value is -4.57. The molecule has 13 heteroatoms. The standard InChI is InChI=1S/C24H13BrF3N5O4/c25-17-11-15(21(37-9-8-29)20(12-17)33(35)36)13-30-32-22(14-4-3-5-16(10-14)24(26,27)28)31-19-7-2-1-6-18(19)23(32)34/h1-7,10-13H,9H2. The molecule has 1 aromatic heterocycles. The highest BCUT2D eigenvalue weighted by Crippen LogP contribution is 2.34. The molecule has 0 N–H and O–H groups in total. The number of fused-ring (bicyclic) bond motifs is 1. The number of benzene rings is 3. The molecule has 0 amide bonds. The van der Waals surface area contributed by atoms with Gasteiger partial charge in [0.1, 0.15) is 6.07 Å². The number of para-hydroxylation sites is 1. The Morgan fingerprint density at radius 3 is 2.65 bits per heavy atom. The largest absolute Gasteiger partial charge is 0.471 e. The Balaban J connectivity index is 1.96. The maximum atomic E-state index is 13.4. The molecule has 1 heterocycles. The summed E-state index contributed by atoms with van der Waals surface area (Å²) in [7, 11) is 0. The number of nitro groups is 1. The smallest absolute Gasteiger partial charge is 0.416 e. The number of alkyl halides is 3. The van der Waals surface area contributed by atoms with Crippen LogP contribution in [0.3, 0.4) is 0 Å². The summed E-state index contributed by atoms with van der Waals surface area (Å²) in [6.45, 7) is -0.504. The maximum absolute atomic E-state index is 13.4. The average molecular weight is 572 g/mol. The van der Waals surface area contributed by atoms with Crippen LogP contribution in [-0.4, -0.2) is 27.4 Å². The molecule has 0 unspecified atom stereocenters. The molecule has 3 aromatic carbocycles. The summed E-state index contributed by atoms with van der Waals surface area (Å²) >= 11 is 3.16. The SMILES string of the molecule is N#CCOc1c(C=Nn2c(-c3cccc(C(F)(F)F)c3)nc3ccccc3c2=O)cc(Br)cc1[N+](=O)[O-]. The highest BCUT2D eigenvalue weighted by molar-refractivity contribution is 9.10. The Kier molecular flexibility index (Phi) is 7.03. The zero-order chi connectivity index (χ0) is 26.7. The topological polar surface area (TPSA) is 123 Å². The Morgan fingerprint density at radius 1 is 1.19 bits per heavy atom. The van der Waals surface area contributed by atoms with E-state index in [0.717, 1.165) is 23.0 Å². The normalized spacial score (nSPS) is 11.5. The van der Waals surface area contributed by atoms with Crippen molar-refractivity contribution in [2.24, 2.45) is 5.10 Å². The first-order valence-electron chi connectivity index (χ1n) is 10.3. The van der Waals surface area contributed by atoms with Crippen LogP contribution in [0.1, 0.15) is 11.1 Å². The van der Waals surface area contributed by atoms with Crippen molar-refractivity contribution >= 4 is 38.7 Å². The van der Waals surface area contributed by atoms with E-state index >= 15 is 0 Å². The summed E-state index contributed by atoms with van der Waals surface area (Å²) in [5.41, 5.74) is -1.85. The van der Waals surface area contributed by atoms with Crippen molar-refractivity contribution in [1.82, 2.24) is 9.66 Å². The first-order valence-corrected chi connectivity index (χ1v) is 11.1. The lowest BCUT2D eigenvalue weighted by molar-refractivity contribution is -0.385. The fraction of sp³-hybridized carbons (Fsp3) is 0.0833. The van der Waals surface area contributed by atoms with E-state index in [1.165, 1.54) is 36.4 Å². The average Bonchev–Trinajstić information content (AvgIpc) is 2.86. The van der Waals surface area contributed by atoms with E-state index in [2.05, 4.69) is 26.0 Å². The number of nitrogens with zero attached hydrogens (tertiary/aromatic N) is 5. The van der Waals surface area contributed by atoms with Crippen LogP contribution in [0.25, 0.3) is 22.3 Å². The highest BCUT2D eigenvalue weighted by atomic mass is 79.9. The van der Waals surface area contributed by atoms with Crippen molar-refractivity contribution in [1.29, 1.82) is 5.26 Å². The second kappa shape index (κ2) is 10.2. The van der Waals surface area contributed by atoms with Gasteiger partial charge in [0.05, 0.1) is 27.6 Å². The lowest BCUT2D eigenvalue weighted by Crippen LogP contribution is -2.20. The van der Waals surface area contributed by atoms with Crippen LogP contribution in [0.5, 0.6) is 5.75 Å². The molecule has 0 saturated heterocycles. The van der Waals surface area contributed by atoms with E-state index in [4.69, 9.17) is 10.00 Å². The van der Waals surface area contributed by atoms with Gasteiger partial charge in [0.25, 0.3) is 5.56 Å². The van der Waals surface area contributed by atoms with Gasteiger partial charge in [0.2, 0.25) is 5.75 Å². The lowest BCUT2D eigenvalue weighted by atomic mass is 10.1. The molecule has 0 bridgehead atoms. The number of ether oxygens (including phenoxy) is 1. The summed E-state index contributed by atoms with van der Waals surface area (Å²) in [4.78, 5) is 28.5. The van der Waals surface area contributed by atoms with Gasteiger partial charge in [0, 0.05) is 21.7 Å². The van der Waals surface area contributed by atoms with Crippen LogP contribution in [0.15, 0.2) is 75.0 Å². The third-order valence-electron chi connectivity index (χ3n) is 5.05. The number of rotatable bonds is 6. The van der Waals surface area contributed by atoms with Crippen molar-refractivity contribution in [3.05, 3.63) is 96.7 Å². The van der Waals surface area contributed by atoms with Crippen LogP contribution in [0, 0.1) is 21.4 Å². The minimum absolute atomic E-state index is 0.0315. The lowest BCUT2D eigenvalue weighted by Gasteiger charge is -2.12. The minimum atomic E-state index is -4.64. The Bertz CT molecular complexity index is 1660. The zero-order valence-electron chi connectivity index (χ0n) is 18.4. The van der Waals surface area contributed by atoms with Crippen molar-refractivity contribution in [2.45, 2.75) is 6.18 Å². The van der Waals surface area contributed by atoms with Gasteiger partial charge in [-0.2, -0.15) is 28.2 Å². The van der Waals surface area contributed by atoms with Gasteiger partial charge in [-0.05, 0) is 30.3 Å². The van der Waals surface area contributed by atoms with Gasteiger partial charge >= 0.3 is 11.9 Å². The van der Waals surface area contributed by atoms with Crippen LogP contribution in [0.4, 0.5) is 18.9 Å². The zero-order valence-corrected chi connectivity index (χ0v) is 20.0. The van der Waals surface area contributed by atoms with Gasteiger partial charge in [-0.1, -0.05) is 40.2 Å². The summed E-state index contributed by atoms with van der Waals surface area (Å²) in [5, 5.41) is 24.7. The molecule has 0 atom stereocenters. The van der Waals surface area contributed by atoms with Crippen molar-refractivity contribution < 1.29 is 22.8 Å². The van der Waals surface area contributed by atoms with Crippen LogP contribution < -0.4 is 10.3 Å². The number of halogens is 4. The predicted octanol–water partition coefficient (Wildman–Crippen LogP) is 5.54. The maximum Gasteiger partial charge on any atom is 0.416 e. The first kappa shape index (κ1) is 25.5. The quantitative estimate of drug-likeness (QED) is 0.170. The van der Waals surface area contributed by atoms with E-state index in [9.17, 15) is 28.1 Å². The summed E-state index contributed by atoms with van der Waals surface area (Å²) in [6.07, 6.45) is -3.57. The van der Waals surface area contributed by atoms with E-state index in [1.54, 1.807) is 18.2 Å². The van der Waals surface area contributed by atoms with E-state index in [1.807, 2.05) is 0 Å². The number of aromatic nitrogens is 2. The molecule has 4 rings (SSSR count). The van der Waals surface area contributed by atoms with E-state index in [-0.39, 0.29) is 38.1 Å². The molecule has 186 valence electrons. The molecular formula is C24H13BrF3N5O4. The van der Waals surface area contributed by atoms with Crippen molar-refractivity contribution in [3.8, 4) is 23.2 Å². The number of hydrogen-bond acceptors (Lipinski definition) is 7. The van der Waals surface area contributed by atoms with E-state index < -0.39 is 34.5 Å².